The Hall–Kier alpha value is -2.66. The molecule has 0 radical (unpaired) electrons. The molecule has 0 saturated carbocycles. The molecule has 0 heterocycles. The molecule has 0 unspecified atom stereocenters. The van der Waals surface area contributed by atoms with E-state index in [1.807, 2.05) is 0 Å². The van der Waals surface area contributed by atoms with Crippen molar-refractivity contribution in [2.45, 2.75) is 0 Å². The molecule has 0 saturated heterocycles. The van der Waals surface area contributed by atoms with Crippen LogP contribution in [0.3, 0.4) is 0 Å². The van der Waals surface area contributed by atoms with E-state index in [0.717, 1.165) is 0 Å². The van der Waals surface area contributed by atoms with Crippen LogP contribution in [0.4, 0.5) is 5.69 Å². The summed E-state index contributed by atoms with van der Waals surface area (Å²) in [6.45, 7) is 0. The maximum absolute atomic E-state index is 12.0. The quantitative estimate of drug-likeness (QED) is 0.281. The van der Waals surface area contributed by atoms with E-state index in [2.05, 4.69) is 0 Å². The Bertz CT molecular complexity index is 755. The van der Waals surface area contributed by atoms with Crippen molar-refractivity contribution in [3.63, 3.8) is 0 Å². The van der Waals surface area contributed by atoms with Gasteiger partial charge in [-0.3, -0.25) is 10.1 Å². The molecule has 0 amide bonds. The van der Waals surface area contributed by atoms with Crippen molar-refractivity contribution >= 4 is 34.9 Å². The lowest BCUT2D eigenvalue weighted by Crippen LogP contribution is -2.04. The highest BCUT2D eigenvalue weighted by atomic mass is 35.5. The summed E-state index contributed by atoms with van der Waals surface area (Å²) in [4.78, 5) is 22.6. The molecule has 22 heavy (non-hydrogen) atoms. The van der Waals surface area contributed by atoms with Crippen LogP contribution in [0.25, 0.3) is 11.6 Å². The fourth-order valence-electron chi connectivity index (χ4n) is 1.96. The van der Waals surface area contributed by atoms with Crippen molar-refractivity contribution in [3.05, 3.63) is 74.8 Å². The van der Waals surface area contributed by atoms with E-state index in [0.29, 0.717) is 16.1 Å². The molecule has 0 fully saturated rings. The highest BCUT2D eigenvalue weighted by Crippen LogP contribution is 2.26. The Kier molecular flexibility index (Phi) is 4.91. The van der Waals surface area contributed by atoms with Crippen LogP contribution in [0, 0.1) is 10.1 Å². The normalized spacial score (nSPS) is 11.1. The van der Waals surface area contributed by atoms with Crippen LogP contribution in [0.5, 0.6) is 0 Å². The van der Waals surface area contributed by atoms with E-state index in [9.17, 15) is 14.9 Å². The average Bonchev–Trinajstić information content (AvgIpc) is 2.52. The molecule has 0 aromatic heterocycles. The molecule has 0 aliphatic heterocycles. The first kappa shape index (κ1) is 15.7. The highest BCUT2D eigenvalue weighted by Gasteiger charge is 2.17. The summed E-state index contributed by atoms with van der Waals surface area (Å²) < 4.78 is 4.76. The minimum Gasteiger partial charge on any atom is -0.465 e. The van der Waals surface area contributed by atoms with Gasteiger partial charge in [0.2, 0.25) is 0 Å². The van der Waals surface area contributed by atoms with E-state index in [1.165, 1.54) is 19.3 Å². The second-order valence-corrected chi connectivity index (χ2v) is 4.81. The molecule has 112 valence electrons. The SMILES string of the molecule is COC(=O)/C(=C/c1ccccc1[N+](=O)[O-])c1cccc(Cl)c1. The number of para-hydroxylation sites is 1. The van der Waals surface area contributed by atoms with Crippen LogP contribution in [-0.2, 0) is 9.53 Å². The Balaban J connectivity index is 2.60. The number of benzene rings is 2. The lowest BCUT2D eigenvalue weighted by Gasteiger charge is -2.07. The first-order chi connectivity index (χ1) is 10.5. The maximum atomic E-state index is 12.0. The summed E-state index contributed by atoms with van der Waals surface area (Å²) in [6, 6.07) is 12.8. The molecule has 5 nitrogen and oxygen atoms in total. The highest BCUT2D eigenvalue weighted by molar-refractivity contribution is 6.31. The predicted octanol–water partition coefficient (Wildman–Crippen LogP) is 3.96. The molecule has 2 rings (SSSR count). The number of ether oxygens (including phenoxy) is 1. The number of carbonyl (C=O) groups is 1. The van der Waals surface area contributed by atoms with Crippen LogP contribution in [0.1, 0.15) is 11.1 Å². The van der Waals surface area contributed by atoms with Crippen LogP contribution in [0.2, 0.25) is 5.02 Å². The number of hydrogen-bond donors (Lipinski definition) is 0. The van der Waals surface area contributed by atoms with Gasteiger partial charge in [-0.25, -0.2) is 4.79 Å². The molecule has 2 aromatic rings. The Morgan fingerprint density at radius 1 is 1.23 bits per heavy atom. The lowest BCUT2D eigenvalue weighted by atomic mass is 10.0. The van der Waals surface area contributed by atoms with Crippen LogP contribution in [0.15, 0.2) is 48.5 Å². The van der Waals surface area contributed by atoms with Crippen molar-refractivity contribution in [2.75, 3.05) is 7.11 Å². The minimum atomic E-state index is -0.597. The second-order valence-electron chi connectivity index (χ2n) is 4.38. The van der Waals surface area contributed by atoms with Crippen LogP contribution >= 0.6 is 11.6 Å². The maximum Gasteiger partial charge on any atom is 0.338 e. The molecule has 0 spiro atoms. The molecule has 0 aliphatic carbocycles. The number of carbonyl (C=O) groups excluding carboxylic acids is 1. The van der Waals surface area contributed by atoms with Crippen LogP contribution < -0.4 is 0 Å². The summed E-state index contributed by atoms with van der Waals surface area (Å²) in [5, 5.41) is 11.5. The van der Waals surface area contributed by atoms with Gasteiger partial charge in [0.25, 0.3) is 5.69 Å². The number of nitrogens with zero attached hydrogens (tertiary/aromatic N) is 1. The second kappa shape index (κ2) is 6.87. The third-order valence-electron chi connectivity index (χ3n) is 2.97. The number of esters is 1. The van der Waals surface area contributed by atoms with Gasteiger partial charge in [-0.2, -0.15) is 0 Å². The zero-order valence-electron chi connectivity index (χ0n) is 11.7. The van der Waals surface area contributed by atoms with Gasteiger partial charge < -0.3 is 4.74 Å². The molecule has 6 heteroatoms. The van der Waals surface area contributed by atoms with Gasteiger partial charge in [0.05, 0.1) is 23.2 Å². The predicted molar refractivity (Wildman–Crippen MR) is 84.4 cm³/mol. The van der Waals surface area contributed by atoms with E-state index >= 15 is 0 Å². The minimum absolute atomic E-state index is 0.0917. The standard InChI is InChI=1S/C16H12ClNO4/c1-22-16(19)14(11-6-4-7-13(17)9-11)10-12-5-2-3-8-15(12)18(20)21/h2-10H,1H3/b14-10+. The number of methoxy groups -OCH3 is 1. The van der Waals surface area contributed by atoms with Crippen LogP contribution in [-0.4, -0.2) is 18.0 Å². The fourth-order valence-corrected chi connectivity index (χ4v) is 2.15. The Labute approximate surface area is 131 Å². The topological polar surface area (TPSA) is 69.4 Å². The van der Waals surface area contributed by atoms with Gasteiger partial charge >= 0.3 is 5.97 Å². The third-order valence-corrected chi connectivity index (χ3v) is 3.21. The third kappa shape index (κ3) is 3.51. The first-order valence-electron chi connectivity index (χ1n) is 6.32. The molecule has 0 aliphatic rings. The fraction of sp³-hybridized carbons (Fsp3) is 0.0625. The van der Waals surface area contributed by atoms with Crippen molar-refractivity contribution < 1.29 is 14.5 Å². The van der Waals surface area contributed by atoms with E-state index in [1.54, 1.807) is 42.5 Å². The Morgan fingerprint density at radius 3 is 2.59 bits per heavy atom. The van der Waals surface area contributed by atoms with E-state index in [-0.39, 0.29) is 11.3 Å². The zero-order valence-corrected chi connectivity index (χ0v) is 12.4. The molecule has 0 N–H and O–H groups in total. The summed E-state index contributed by atoms with van der Waals surface area (Å²) in [7, 11) is 1.25. The molecular weight excluding hydrogens is 306 g/mol. The first-order valence-corrected chi connectivity index (χ1v) is 6.70. The summed E-state index contributed by atoms with van der Waals surface area (Å²) >= 11 is 5.93. The smallest absolute Gasteiger partial charge is 0.338 e. The van der Waals surface area contributed by atoms with Gasteiger partial charge in [-0.15, -0.1) is 0 Å². The zero-order chi connectivity index (χ0) is 16.1. The number of nitro groups is 1. The number of rotatable bonds is 4. The van der Waals surface area contributed by atoms with Gasteiger partial charge in [-0.05, 0) is 29.8 Å². The summed E-state index contributed by atoms with van der Waals surface area (Å²) in [6.07, 6.45) is 1.43. The number of nitro benzene ring substituents is 1. The van der Waals surface area contributed by atoms with Crippen molar-refractivity contribution in [1.82, 2.24) is 0 Å². The van der Waals surface area contributed by atoms with E-state index < -0.39 is 10.9 Å². The lowest BCUT2D eigenvalue weighted by molar-refractivity contribution is -0.385. The molecular formula is C16H12ClNO4. The van der Waals surface area contributed by atoms with Crippen molar-refractivity contribution in [2.24, 2.45) is 0 Å². The van der Waals surface area contributed by atoms with Gasteiger partial charge in [0.1, 0.15) is 0 Å². The largest absolute Gasteiger partial charge is 0.465 e. The average molecular weight is 318 g/mol. The van der Waals surface area contributed by atoms with Gasteiger partial charge in [0.15, 0.2) is 0 Å². The summed E-state index contributed by atoms with van der Waals surface area (Å²) in [5.74, 6) is -0.597. The molecule has 2 aromatic carbocycles. The van der Waals surface area contributed by atoms with Gasteiger partial charge in [0, 0.05) is 11.1 Å². The summed E-state index contributed by atoms with van der Waals surface area (Å²) in [5.41, 5.74) is 0.940. The van der Waals surface area contributed by atoms with Crippen molar-refractivity contribution in [1.29, 1.82) is 0 Å². The molecule has 0 bridgehead atoms. The number of halogens is 1. The number of hydrogen-bond acceptors (Lipinski definition) is 4. The van der Waals surface area contributed by atoms with E-state index in [4.69, 9.17) is 16.3 Å². The Morgan fingerprint density at radius 2 is 1.95 bits per heavy atom. The molecule has 0 atom stereocenters. The monoisotopic (exact) mass is 317 g/mol. The van der Waals surface area contributed by atoms with Gasteiger partial charge in [-0.1, -0.05) is 35.9 Å². The van der Waals surface area contributed by atoms with Crippen molar-refractivity contribution in [3.8, 4) is 0 Å².